The SMILES string of the molecule is CNCCC1CCN(C(=O)c2ncoc2C)CC1.Cl. The third kappa shape index (κ3) is 3.94. The van der Waals surface area contributed by atoms with Crippen molar-refractivity contribution in [2.75, 3.05) is 26.7 Å². The number of oxazole rings is 1. The second-order valence-electron chi connectivity index (χ2n) is 4.88. The highest BCUT2D eigenvalue weighted by Gasteiger charge is 2.25. The van der Waals surface area contributed by atoms with E-state index < -0.39 is 0 Å². The van der Waals surface area contributed by atoms with Crippen LogP contribution in [0.3, 0.4) is 0 Å². The zero-order valence-corrected chi connectivity index (χ0v) is 12.3. The first kappa shape index (κ1) is 16.0. The lowest BCUT2D eigenvalue weighted by atomic mass is 9.93. The van der Waals surface area contributed by atoms with E-state index in [0.717, 1.165) is 38.4 Å². The van der Waals surface area contributed by atoms with Crippen molar-refractivity contribution in [2.45, 2.75) is 26.2 Å². The molecule has 19 heavy (non-hydrogen) atoms. The van der Waals surface area contributed by atoms with Gasteiger partial charge in [-0.2, -0.15) is 0 Å². The lowest BCUT2D eigenvalue weighted by molar-refractivity contribution is 0.0680. The summed E-state index contributed by atoms with van der Waals surface area (Å²) in [5.41, 5.74) is 0.462. The van der Waals surface area contributed by atoms with Crippen LogP contribution in [0.15, 0.2) is 10.8 Å². The molecule has 1 aliphatic rings. The summed E-state index contributed by atoms with van der Waals surface area (Å²) in [5, 5.41) is 3.18. The molecule has 1 N–H and O–H groups in total. The van der Waals surface area contributed by atoms with Crippen LogP contribution in [0.2, 0.25) is 0 Å². The van der Waals surface area contributed by atoms with Gasteiger partial charge < -0.3 is 14.6 Å². The number of rotatable bonds is 4. The molecule has 1 aliphatic heterocycles. The average molecular weight is 288 g/mol. The fraction of sp³-hybridized carbons (Fsp3) is 0.692. The molecule has 0 atom stereocenters. The van der Waals surface area contributed by atoms with Crippen LogP contribution in [0.1, 0.15) is 35.5 Å². The van der Waals surface area contributed by atoms with Gasteiger partial charge in [-0.15, -0.1) is 12.4 Å². The Hall–Kier alpha value is -1.07. The number of amides is 1. The number of carbonyl (C=O) groups excluding carboxylic acids is 1. The van der Waals surface area contributed by atoms with Gasteiger partial charge in [0, 0.05) is 13.1 Å². The van der Waals surface area contributed by atoms with Crippen molar-refractivity contribution in [2.24, 2.45) is 5.92 Å². The van der Waals surface area contributed by atoms with E-state index in [1.165, 1.54) is 12.8 Å². The summed E-state index contributed by atoms with van der Waals surface area (Å²) < 4.78 is 5.08. The molecule has 0 saturated carbocycles. The van der Waals surface area contributed by atoms with Crippen molar-refractivity contribution in [3.8, 4) is 0 Å². The first-order chi connectivity index (χ1) is 8.72. The van der Waals surface area contributed by atoms with Crippen molar-refractivity contribution < 1.29 is 9.21 Å². The van der Waals surface area contributed by atoms with Crippen molar-refractivity contribution in [1.82, 2.24) is 15.2 Å². The Morgan fingerprint density at radius 1 is 1.53 bits per heavy atom. The standard InChI is InChI=1S/C13H21N3O2.ClH/c1-10-12(15-9-18-10)13(17)16-7-4-11(5-8-16)3-6-14-2;/h9,11,14H,3-8H2,1-2H3;1H. The summed E-state index contributed by atoms with van der Waals surface area (Å²) in [5.74, 6) is 1.35. The van der Waals surface area contributed by atoms with Crippen LogP contribution >= 0.6 is 12.4 Å². The van der Waals surface area contributed by atoms with Crippen molar-refractivity contribution in [3.05, 3.63) is 17.8 Å². The molecule has 1 aromatic heterocycles. The highest BCUT2D eigenvalue weighted by molar-refractivity contribution is 5.93. The highest BCUT2D eigenvalue weighted by atomic mass is 35.5. The van der Waals surface area contributed by atoms with Gasteiger partial charge in [0.05, 0.1) is 0 Å². The van der Waals surface area contributed by atoms with Gasteiger partial charge in [0.25, 0.3) is 5.91 Å². The maximum atomic E-state index is 12.2. The van der Waals surface area contributed by atoms with Crippen LogP contribution in [0.5, 0.6) is 0 Å². The normalized spacial score (nSPS) is 16.2. The molecule has 6 heteroatoms. The third-order valence-electron chi connectivity index (χ3n) is 3.65. The largest absolute Gasteiger partial charge is 0.448 e. The highest BCUT2D eigenvalue weighted by Crippen LogP contribution is 2.21. The first-order valence-corrected chi connectivity index (χ1v) is 6.56. The van der Waals surface area contributed by atoms with Gasteiger partial charge in [-0.3, -0.25) is 4.79 Å². The van der Waals surface area contributed by atoms with Crippen LogP contribution in [0.25, 0.3) is 0 Å². The van der Waals surface area contributed by atoms with E-state index in [9.17, 15) is 4.79 Å². The zero-order valence-electron chi connectivity index (χ0n) is 11.5. The van der Waals surface area contributed by atoms with E-state index in [2.05, 4.69) is 10.3 Å². The van der Waals surface area contributed by atoms with E-state index in [-0.39, 0.29) is 18.3 Å². The van der Waals surface area contributed by atoms with Gasteiger partial charge in [-0.05, 0) is 45.7 Å². The number of carbonyl (C=O) groups is 1. The molecule has 0 spiro atoms. The maximum Gasteiger partial charge on any atom is 0.276 e. The Bertz CT molecular complexity index is 400. The molecule has 0 bridgehead atoms. The molecule has 2 rings (SSSR count). The smallest absolute Gasteiger partial charge is 0.276 e. The fourth-order valence-corrected chi connectivity index (χ4v) is 2.43. The number of hydrogen-bond donors (Lipinski definition) is 1. The summed E-state index contributed by atoms with van der Waals surface area (Å²) in [6.45, 7) is 4.50. The molecule has 0 radical (unpaired) electrons. The van der Waals surface area contributed by atoms with Gasteiger partial charge in [0.2, 0.25) is 0 Å². The molecule has 1 amide bonds. The number of likely N-dealkylation sites (tertiary alicyclic amines) is 1. The number of nitrogens with zero attached hydrogens (tertiary/aromatic N) is 2. The molecule has 1 saturated heterocycles. The Kier molecular flexibility index (Phi) is 6.31. The number of aromatic nitrogens is 1. The summed E-state index contributed by atoms with van der Waals surface area (Å²) in [7, 11) is 1.98. The zero-order chi connectivity index (χ0) is 13.0. The number of piperidine rings is 1. The van der Waals surface area contributed by atoms with E-state index in [1.54, 1.807) is 6.92 Å². The van der Waals surface area contributed by atoms with Crippen LogP contribution in [-0.2, 0) is 0 Å². The van der Waals surface area contributed by atoms with Gasteiger partial charge in [0.1, 0.15) is 5.76 Å². The summed E-state index contributed by atoms with van der Waals surface area (Å²) in [6.07, 6.45) is 4.71. The Balaban J connectivity index is 0.00000180. The second kappa shape index (κ2) is 7.50. The average Bonchev–Trinajstić information content (AvgIpc) is 2.82. The van der Waals surface area contributed by atoms with Gasteiger partial charge in [-0.1, -0.05) is 0 Å². The molecule has 0 aromatic carbocycles. The number of hydrogen-bond acceptors (Lipinski definition) is 4. The summed E-state index contributed by atoms with van der Waals surface area (Å²) in [4.78, 5) is 18.1. The van der Waals surface area contributed by atoms with Gasteiger partial charge in [-0.25, -0.2) is 4.98 Å². The van der Waals surface area contributed by atoms with E-state index >= 15 is 0 Å². The monoisotopic (exact) mass is 287 g/mol. The van der Waals surface area contributed by atoms with Crippen molar-refractivity contribution >= 4 is 18.3 Å². The van der Waals surface area contributed by atoms with Crippen LogP contribution < -0.4 is 5.32 Å². The lowest BCUT2D eigenvalue weighted by Gasteiger charge is -2.31. The molecule has 0 unspecified atom stereocenters. The van der Waals surface area contributed by atoms with Crippen molar-refractivity contribution in [1.29, 1.82) is 0 Å². The quantitative estimate of drug-likeness (QED) is 0.918. The molecule has 5 nitrogen and oxygen atoms in total. The fourth-order valence-electron chi connectivity index (χ4n) is 2.43. The second-order valence-corrected chi connectivity index (χ2v) is 4.88. The molecule has 1 aromatic rings. The maximum absolute atomic E-state index is 12.2. The number of nitrogens with one attached hydrogen (secondary N) is 1. The van der Waals surface area contributed by atoms with E-state index in [4.69, 9.17) is 4.42 Å². The van der Waals surface area contributed by atoms with Gasteiger partial charge in [0.15, 0.2) is 12.1 Å². The minimum atomic E-state index is 0. The number of halogens is 1. The van der Waals surface area contributed by atoms with Crippen LogP contribution in [0, 0.1) is 12.8 Å². The van der Waals surface area contributed by atoms with E-state index in [1.807, 2.05) is 11.9 Å². The summed E-state index contributed by atoms with van der Waals surface area (Å²) >= 11 is 0. The number of aryl methyl sites for hydroxylation is 1. The van der Waals surface area contributed by atoms with Gasteiger partial charge >= 0.3 is 0 Å². The predicted octanol–water partition coefficient (Wildman–Crippen LogP) is 1.87. The van der Waals surface area contributed by atoms with Crippen molar-refractivity contribution in [3.63, 3.8) is 0 Å². The molecule has 1 fully saturated rings. The topological polar surface area (TPSA) is 58.4 Å². The predicted molar refractivity (Wildman–Crippen MR) is 75.7 cm³/mol. The lowest BCUT2D eigenvalue weighted by Crippen LogP contribution is -2.39. The molecular formula is C13H22ClN3O2. The third-order valence-corrected chi connectivity index (χ3v) is 3.65. The Morgan fingerprint density at radius 3 is 2.74 bits per heavy atom. The summed E-state index contributed by atoms with van der Waals surface area (Å²) in [6, 6.07) is 0. The minimum Gasteiger partial charge on any atom is -0.448 e. The first-order valence-electron chi connectivity index (χ1n) is 6.56. The molecule has 108 valence electrons. The Labute approximate surface area is 120 Å². The van der Waals surface area contributed by atoms with Crippen LogP contribution in [0.4, 0.5) is 0 Å². The van der Waals surface area contributed by atoms with E-state index in [0.29, 0.717) is 11.5 Å². The molecule has 0 aliphatic carbocycles. The minimum absolute atomic E-state index is 0. The molecule has 2 heterocycles. The Morgan fingerprint density at radius 2 is 2.21 bits per heavy atom. The molecular weight excluding hydrogens is 266 g/mol. The van der Waals surface area contributed by atoms with Crippen LogP contribution in [-0.4, -0.2) is 42.5 Å².